The number of nitrogens with one attached hydrogen (secondary N) is 1. The molecular formula is C20H21N3O3. The molecule has 0 aliphatic heterocycles. The van der Waals surface area contributed by atoms with E-state index in [4.69, 9.17) is 9.15 Å². The van der Waals surface area contributed by atoms with Gasteiger partial charge in [0.25, 0.3) is 0 Å². The first-order chi connectivity index (χ1) is 12.5. The first kappa shape index (κ1) is 17.7. The fraction of sp³-hybridized carbons (Fsp3) is 0.250. The molecule has 0 bridgehead atoms. The average Bonchev–Trinajstić information content (AvgIpc) is 3.05. The molecule has 3 rings (SSSR count). The van der Waals surface area contributed by atoms with Crippen LogP contribution in [0.5, 0.6) is 5.75 Å². The van der Waals surface area contributed by atoms with Crippen molar-refractivity contribution in [3.8, 4) is 5.75 Å². The second-order valence-electron chi connectivity index (χ2n) is 6.18. The zero-order chi connectivity index (χ0) is 18.5. The van der Waals surface area contributed by atoms with Crippen LogP contribution in [0.4, 0.5) is 6.01 Å². The van der Waals surface area contributed by atoms with Crippen LogP contribution in [-0.2, 0) is 17.6 Å². The van der Waals surface area contributed by atoms with E-state index in [-0.39, 0.29) is 18.3 Å². The largest absolute Gasteiger partial charge is 0.497 e. The molecule has 0 saturated carbocycles. The van der Waals surface area contributed by atoms with E-state index in [1.54, 1.807) is 7.11 Å². The Morgan fingerprint density at radius 3 is 2.62 bits per heavy atom. The summed E-state index contributed by atoms with van der Waals surface area (Å²) < 4.78 is 10.7. The minimum absolute atomic E-state index is 0.115. The highest BCUT2D eigenvalue weighted by atomic mass is 16.5. The molecule has 0 fully saturated rings. The maximum atomic E-state index is 12.2. The van der Waals surface area contributed by atoms with Crippen molar-refractivity contribution in [3.63, 3.8) is 0 Å². The lowest BCUT2D eigenvalue weighted by atomic mass is 10.0. The zero-order valence-electron chi connectivity index (χ0n) is 15.1. The summed E-state index contributed by atoms with van der Waals surface area (Å²) >= 11 is 0. The van der Waals surface area contributed by atoms with Crippen LogP contribution in [0.25, 0.3) is 0 Å². The number of anilines is 1. The number of benzene rings is 2. The van der Waals surface area contributed by atoms with Gasteiger partial charge in [0.2, 0.25) is 11.8 Å². The molecule has 134 valence electrons. The summed E-state index contributed by atoms with van der Waals surface area (Å²) in [6, 6.07) is 13.8. The van der Waals surface area contributed by atoms with Gasteiger partial charge < -0.3 is 9.15 Å². The van der Waals surface area contributed by atoms with Gasteiger partial charge in [-0.05, 0) is 42.7 Å². The Labute approximate surface area is 152 Å². The van der Waals surface area contributed by atoms with Gasteiger partial charge in [0.15, 0.2) is 0 Å². The van der Waals surface area contributed by atoms with Gasteiger partial charge in [0.1, 0.15) is 5.75 Å². The second kappa shape index (κ2) is 7.82. The van der Waals surface area contributed by atoms with E-state index in [2.05, 4.69) is 15.5 Å². The molecule has 0 atom stereocenters. The summed E-state index contributed by atoms with van der Waals surface area (Å²) in [7, 11) is 1.63. The van der Waals surface area contributed by atoms with Gasteiger partial charge in [-0.3, -0.25) is 10.1 Å². The number of ether oxygens (including phenoxy) is 1. The normalized spacial score (nSPS) is 10.6. The van der Waals surface area contributed by atoms with Crippen molar-refractivity contribution >= 4 is 11.9 Å². The van der Waals surface area contributed by atoms with Crippen LogP contribution in [0.1, 0.15) is 28.1 Å². The molecule has 6 nitrogen and oxygen atoms in total. The molecule has 0 aliphatic carbocycles. The molecule has 6 heteroatoms. The van der Waals surface area contributed by atoms with Crippen molar-refractivity contribution in [1.82, 2.24) is 10.2 Å². The van der Waals surface area contributed by atoms with E-state index in [9.17, 15) is 4.79 Å². The van der Waals surface area contributed by atoms with E-state index < -0.39 is 0 Å². The van der Waals surface area contributed by atoms with Crippen molar-refractivity contribution in [2.45, 2.75) is 26.7 Å². The van der Waals surface area contributed by atoms with E-state index in [1.165, 1.54) is 0 Å². The summed E-state index contributed by atoms with van der Waals surface area (Å²) in [5.74, 6) is 1.05. The van der Waals surface area contributed by atoms with Crippen LogP contribution in [0, 0.1) is 13.8 Å². The standard InChI is InChI=1S/C20H21N3O3/c1-13-4-5-14(2)16(10-13)12-18(24)21-20-23-22-19(26-20)11-15-6-8-17(25-3)9-7-15/h4-10H,11-12H2,1-3H3,(H,21,23,24). The quantitative estimate of drug-likeness (QED) is 0.736. The average molecular weight is 351 g/mol. The molecule has 26 heavy (non-hydrogen) atoms. The molecule has 0 aliphatic rings. The Kier molecular flexibility index (Phi) is 5.31. The van der Waals surface area contributed by atoms with Crippen molar-refractivity contribution in [1.29, 1.82) is 0 Å². The molecule has 3 aromatic rings. The Balaban J connectivity index is 1.60. The van der Waals surface area contributed by atoms with Crippen LogP contribution in [0.3, 0.4) is 0 Å². The van der Waals surface area contributed by atoms with Crippen LogP contribution in [0.2, 0.25) is 0 Å². The van der Waals surface area contributed by atoms with Crippen LogP contribution in [-0.4, -0.2) is 23.2 Å². The first-order valence-corrected chi connectivity index (χ1v) is 8.35. The van der Waals surface area contributed by atoms with Crippen molar-refractivity contribution in [3.05, 3.63) is 70.6 Å². The topological polar surface area (TPSA) is 77.3 Å². The lowest BCUT2D eigenvalue weighted by molar-refractivity contribution is -0.115. The number of nitrogens with zero attached hydrogens (tertiary/aromatic N) is 2. The van der Waals surface area contributed by atoms with Gasteiger partial charge in [-0.25, -0.2) is 0 Å². The predicted octanol–water partition coefficient (Wildman–Crippen LogP) is 3.47. The van der Waals surface area contributed by atoms with Gasteiger partial charge in [-0.15, -0.1) is 5.10 Å². The molecule has 0 saturated heterocycles. The van der Waals surface area contributed by atoms with Crippen LogP contribution in [0.15, 0.2) is 46.9 Å². The second-order valence-corrected chi connectivity index (χ2v) is 6.18. The molecule has 1 amide bonds. The molecule has 1 aromatic heterocycles. The monoisotopic (exact) mass is 351 g/mol. The third kappa shape index (κ3) is 4.47. The minimum atomic E-state index is -0.182. The molecule has 0 spiro atoms. The van der Waals surface area contributed by atoms with Gasteiger partial charge in [0, 0.05) is 0 Å². The number of hydrogen-bond acceptors (Lipinski definition) is 5. The predicted molar refractivity (Wildman–Crippen MR) is 98.3 cm³/mol. The van der Waals surface area contributed by atoms with Crippen LogP contribution >= 0.6 is 0 Å². The third-order valence-corrected chi connectivity index (χ3v) is 4.08. The number of aryl methyl sites for hydroxylation is 2. The highest BCUT2D eigenvalue weighted by Gasteiger charge is 2.12. The zero-order valence-corrected chi connectivity index (χ0v) is 15.1. The van der Waals surface area contributed by atoms with Gasteiger partial charge >= 0.3 is 6.01 Å². The van der Waals surface area contributed by atoms with Crippen molar-refractivity contribution in [2.75, 3.05) is 12.4 Å². The number of rotatable bonds is 6. The number of carbonyl (C=O) groups excluding carboxylic acids is 1. The van der Waals surface area contributed by atoms with Gasteiger partial charge in [0.05, 0.1) is 20.0 Å². The van der Waals surface area contributed by atoms with E-state index in [0.29, 0.717) is 12.3 Å². The fourth-order valence-corrected chi connectivity index (χ4v) is 2.62. The number of aromatic nitrogens is 2. The van der Waals surface area contributed by atoms with Crippen molar-refractivity contribution in [2.24, 2.45) is 0 Å². The minimum Gasteiger partial charge on any atom is -0.497 e. The van der Waals surface area contributed by atoms with Gasteiger partial charge in [-0.2, -0.15) is 0 Å². The van der Waals surface area contributed by atoms with Gasteiger partial charge in [-0.1, -0.05) is 41.0 Å². The summed E-state index contributed by atoms with van der Waals surface area (Å²) in [5.41, 5.74) is 4.21. The Bertz CT molecular complexity index is 901. The fourth-order valence-electron chi connectivity index (χ4n) is 2.62. The summed E-state index contributed by atoms with van der Waals surface area (Å²) in [6.07, 6.45) is 0.757. The highest BCUT2D eigenvalue weighted by Crippen LogP contribution is 2.16. The van der Waals surface area contributed by atoms with Crippen LogP contribution < -0.4 is 10.1 Å². The lowest BCUT2D eigenvalue weighted by Gasteiger charge is -2.06. The molecule has 0 radical (unpaired) electrons. The summed E-state index contributed by atoms with van der Waals surface area (Å²) in [4.78, 5) is 12.2. The summed E-state index contributed by atoms with van der Waals surface area (Å²) in [5, 5.41) is 10.5. The van der Waals surface area contributed by atoms with E-state index >= 15 is 0 Å². The third-order valence-electron chi connectivity index (χ3n) is 4.08. The molecule has 0 unspecified atom stereocenters. The Hall–Kier alpha value is -3.15. The molecule has 1 N–H and O–H groups in total. The van der Waals surface area contributed by atoms with E-state index in [0.717, 1.165) is 28.0 Å². The lowest BCUT2D eigenvalue weighted by Crippen LogP contribution is -2.15. The summed E-state index contributed by atoms with van der Waals surface area (Å²) in [6.45, 7) is 3.99. The maximum Gasteiger partial charge on any atom is 0.322 e. The smallest absolute Gasteiger partial charge is 0.322 e. The number of amides is 1. The first-order valence-electron chi connectivity index (χ1n) is 8.35. The maximum absolute atomic E-state index is 12.2. The Morgan fingerprint density at radius 2 is 1.88 bits per heavy atom. The molecular weight excluding hydrogens is 330 g/mol. The van der Waals surface area contributed by atoms with Crippen molar-refractivity contribution < 1.29 is 13.9 Å². The van der Waals surface area contributed by atoms with E-state index in [1.807, 2.05) is 56.3 Å². The molecule has 1 heterocycles. The SMILES string of the molecule is COc1ccc(Cc2nnc(NC(=O)Cc3cc(C)ccc3C)o2)cc1. The molecule has 2 aromatic carbocycles. The number of carbonyl (C=O) groups is 1. The number of methoxy groups -OCH3 is 1. The number of hydrogen-bond donors (Lipinski definition) is 1. The Morgan fingerprint density at radius 1 is 1.12 bits per heavy atom. The highest BCUT2D eigenvalue weighted by molar-refractivity contribution is 5.90.